The van der Waals surface area contributed by atoms with Gasteiger partial charge in [-0.3, -0.25) is 4.68 Å². The minimum atomic E-state index is 0.624. The van der Waals surface area contributed by atoms with Crippen molar-refractivity contribution in [1.29, 1.82) is 0 Å². The Morgan fingerprint density at radius 1 is 1.30 bits per heavy atom. The van der Waals surface area contributed by atoms with E-state index < -0.39 is 0 Å². The third-order valence-corrected chi connectivity index (χ3v) is 3.21. The third kappa shape index (κ3) is 3.85. The van der Waals surface area contributed by atoms with Gasteiger partial charge in [-0.1, -0.05) is 13.8 Å². The van der Waals surface area contributed by atoms with Crippen molar-refractivity contribution in [2.24, 2.45) is 5.92 Å². The number of nitrogens with one attached hydrogen (secondary N) is 1. The summed E-state index contributed by atoms with van der Waals surface area (Å²) in [6.07, 6.45) is 4.92. The highest BCUT2D eigenvalue weighted by molar-refractivity contribution is 5.25. The lowest BCUT2D eigenvalue weighted by Crippen LogP contribution is -2.13. The van der Waals surface area contributed by atoms with Crippen LogP contribution >= 0.6 is 0 Å². The molecule has 0 aliphatic carbocycles. The van der Waals surface area contributed by atoms with Crippen LogP contribution in [0.25, 0.3) is 0 Å². The van der Waals surface area contributed by atoms with Crippen molar-refractivity contribution < 1.29 is 0 Å². The van der Waals surface area contributed by atoms with Crippen LogP contribution in [0.3, 0.4) is 0 Å². The summed E-state index contributed by atoms with van der Waals surface area (Å²) in [6, 6.07) is 2.11. The third-order valence-electron chi connectivity index (χ3n) is 3.21. The lowest BCUT2D eigenvalue weighted by atomic mass is 10.2. The minimum Gasteiger partial charge on any atom is -0.356 e. The Hall–Kier alpha value is -1.78. The van der Waals surface area contributed by atoms with Crippen LogP contribution in [0.1, 0.15) is 31.7 Å². The quantitative estimate of drug-likeness (QED) is 0.790. The number of nitrogens with zero attached hydrogens (tertiary/aromatic N) is 4. The monoisotopic (exact) mass is 275 g/mol. The van der Waals surface area contributed by atoms with Gasteiger partial charge in [0.1, 0.15) is 0 Å². The fraction of sp³-hybridized carbons (Fsp3) is 0.600. The van der Waals surface area contributed by atoms with Crippen molar-refractivity contribution >= 4 is 5.95 Å². The zero-order valence-electron chi connectivity index (χ0n) is 12.9. The van der Waals surface area contributed by atoms with Crippen LogP contribution < -0.4 is 5.32 Å². The summed E-state index contributed by atoms with van der Waals surface area (Å²) in [6.45, 7) is 11.4. The van der Waals surface area contributed by atoms with Crippen molar-refractivity contribution in [1.82, 2.24) is 19.3 Å². The van der Waals surface area contributed by atoms with E-state index in [4.69, 9.17) is 0 Å². The Morgan fingerprint density at radius 3 is 2.75 bits per heavy atom. The minimum absolute atomic E-state index is 0.624. The Morgan fingerprint density at radius 2 is 2.10 bits per heavy atom. The van der Waals surface area contributed by atoms with E-state index >= 15 is 0 Å². The number of aromatic nitrogens is 4. The second kappa shape index (κ2) is 6.59. The molecule has 0 amide bonds. The molecule has 0 fully saturated rings. The highest BCUT2D eigenvalue weighted by Crippen LogP contribution is 2.08. The molecule has 0 aromatic carbocycles. The van der Waals surface area contributed by atoms with Crippen LogP contribution in [0.15, 0.2) is 18.5 Å². The Balaban J connectivity index is 1.79. The number of imidazole rings is 1. The fourth-order valence-electron chi connectivity index (χ4n) is 2.35. The molecule has 0 bridgehead atoms. The molecule has 0 unspecified atom stereocenters. The first kappa shape index (κ1) is 14.6. The molecule has 0 radical (unpaired) electrons. The molecule has 2 aromatic heterocycles. The van der Waals surface area contributed by atoms with Gasteiger partial charge in [0, 0.05) is 37.7 Å². The Bertz CT molecular complexity index is 538. The van der Waals surface area contributed by atoms with Gasteiger partial charge >= 0.3 is 0 Å². The number of hydrogen-bond acceptors (Lipinski definition) is 3. The zero-order valence-corrected chi connectivity index (χ0v) is 12.9. The summed E-state index contributed by atoms with van der Waals surface area (Å²) in [5.74, 6) is 1.59. The molecule has 1 N–H and O–H groups in total. The van der Waals surface area contributed by atoms with E-state index in [1.165, 1.54) is 5.69 Å². The standard InChI is InChI=1S/C15H25N5/c1-12(2)11-19-9-7-17-15(19)16-6-5-8-20-14(4)10-13(3)18-20/h7,9-10,12H,5-6,8,11H2,1-4H3,(H,16,17). The summed E-state index contributed by atoms with van der Waals surface area (Å²) >= 11 is 0. The number of rotatable bonds is 7. The Kier molecular flexibility index (Phi) is 4.82. The van der Waals surface area contributed by atoms with Crippen LogP contribution in [-0.2, 0) is 13.1 Å². The predicted octanol–water partition coefficient (Wildman–Crippen LogP) is 2.85. The largest absolute Gasteiger partial charge is 0.356 e. The van der Waals surface area contributed by atoms with E-state index in [0.717, 1.165) is 37.7 Å². The number of aryl methyl sites for hydroxylation is 3. The topological polar surface area (TPSA) is 47.7 Å². The second-order valence-corrected chi connectivity index (χ2v) is 5.73. The van der Waals surface area contributed by atoms with Gasteiger partial charge in [-0.05, 0) is 32.3 Å². The fourth-order valence-corrected chi connectivity index (χ4v) is 2.35. The van der Waals surface area contributed by atoms with Crippen LogP contribution in [0.4, 0.5) is 5.95 Å². The lowest BCUT2D eigenvalue weighted by Gasteiger charge is -2.12. The molecule has 0 spiro atoms. The number of anilines is 1. The second-order valence-electron chi connectivity index (χ2n) is 5.73. The van der Waals surface area contributed by atoms with Gasteiger partial charge in [-0.15, -0.1) is 0 Å². The maximum absolute atomic E-state index is 4.47. The van der Waals surface area contributed by atoms with Crippen molar-refractivity contribution in [3.63, 3.8) is 0 Å². The maximum atomic E-state index is 4.47. The molecule has 2 rings (SSSR count). The normalized spacial score (nSPS) is 11.2. The van der Waals surface area contributed by atoms with Gasteiger partial charge in [0.05, 0.1) is 5.69 Å². The smallest absolute Gasteiger partial charge is 0.202 e. The van der Waals surface area contributed by atoms with Crippen molar-refractivity contribution in [2.75, 3.05) is 11.9 Å². The van der Waals surface area contributed by atoms with E-state index in [1.54, 1.807) is 0 Å². The van der Waals surface area contributed by atoms with Gasteiger partial charge in [-0.2, -0.15) is 5.10 Å². The molecule has 110 valence electrons. The Labute approximate surface area is 121 Å². The number of hydrogen-bond donors (Lipinski definition) is 1. The van der Waals surface area contributed by atoms with Gasteiger partial charge in [0.2, 0.25) is 5.95 Å². The molecule has 20 heavy (non-hydrogen) atoms. The molecular weight excluding hydrogens is 250 g/mol. The van der Waals surface area contributed by atoms with E-state index in [9.17, 15) is 0 Å². The van der Waals surface area contributed by atoms with Crippen molar-refractivity contribution in [3.05, 3.63) is 29.8 Å². The van der Waals surface area contributed by atoms with Crippen LogP contribution in [0.2, 0.25) is 0 Å². The lowest BCUT2D eigenvalue weighted by molar-refractivity contribution is 0.524. The summed E-state index contributed by atoms with van der Waals surface area (Å²) in [5, 5.41) is 7.88. The van der Waals surface area contributed by atoms with Crippen LogP contribution in [0.5, 0.6) is 0 Å². The molecule has 5 nitrogen and oxygen atoms in total. The summed E-state index contributed by atoms with van der Waals surface area (Å²) in [5.41, 5.74) is 2.31. The van der Waals surface area contributed by atoms with Gasteiger partial charge in [0.15, 0.2) is 0 Å². The van der Waals surface area contributed by atoms with E-state index in [2.05, 4.69) is 51.5 Å². The first-order valence-corrected chi connectivity index (χ1v) is 7.32. The molecule has 0 saturated heterocycles. The van der Waals surface area contributed by atoms with E-state index in [1.807, 2.05) is 19.3 Å². The SMILES string of the molecule is Cc1cc(C)n(CCCNc2nccn2CC(C)C)n1. The molecule has 2 heterocycles. The average Bonchev–Trinajstić information content (AvgIpc) is 2.91. The van der Waals surface area contributed by atoms with E-state index in [0.29, 0.717) is 5.92 Å². The highest BCUT2D eigenvalue weighted by atomic mass is 15.3. The van der Waals surface area contributed by atoms with Gasteiger partial charge < -0.3 is 9.88 Å². The van der Waals surface area contributed by atoms with Gasteiger partial charge in [0.25, 0.3) is 0 Å². The van der Waals surface area contributed by atoms with E-state index in [-0.39, 0.29) is 0 Å². The van der Waals surface area contributed by atoms with Crippen LogP contribution in [0, 0.1) is 19.8 Å². The molecule has 0 aliphatic heterocycles. The zero-order chi connectivity index (χ0) is 14.5. The molecule has 0 aliphatic rings. The average molecular weight is 275 g/mol. The van der Waals surface area contributed by atoms with Crippen molar-refractivity contribution in [2.45, 2.75) is 47.2 Å². The summed E-state index contributed by atoms with van der Waals surface area (Å²) in [7, 11) is 0. The van der Waals surface area contributed by atoms with Crippen molar-refractivity contribution in [3.8, 4) is 0 Å². The maximum Gasteiger partial charge on any atom is 0.202 e. The first-order chi connectivity index (χ1) is 9.56. The van der Waals surface area contributed by atoms with Crippen LogP contribution in [-0.4, -0.2) is 25.9 Å². The highest BCUT2D eigenvalue weighted by Gasteiger charge is 2.04. The summed E-state index contributed by atoms with van der Waals surface area (Å²) < 4.78 is 4.24. The molecular formula is C15H25N5. The summed E-state index contributed by atoms with van der Waals surface area (Å²) in [4.78, 5) is 4.36. The molecule has 2 aromatic rings. The first-order valence-electron chi connectivity index (χ1n) is 7.32. The molecule has 0 saturated carbocycles. The molecule has 5 heteroatoms. The van der Waals surface area contributed by atoms with Gasteiger partial charge in [-0.25, -0.2) is 4.98 Å². The predicted molar refractivity (Wildman–Crippen MR) is 81.9 cm³/mol. The molecule has 0 atom stereocenters.